The molecule has 1 heterocycles. The highest BCUT2D eigenvalue weighted by Crippen LogP contribution is 2.36. The van der Waals surface area contributed by atoms with E-state index >= 15 is 0 Å². The van der Waals surface area contributed by atoms with Crippen LogP contribution in [0.3, 0.4) is 0 Å². The molecule has 1 aliphatic rings. The molecule has 0 saturated heterocycles. The molecule has 0 radical (unpaired) electrons. The van der Waals surface area contributed by atoms with Gasteiger partial charge in [-0.25, -0.2) is 4.68 Å². The van der Waals surface area contributed by atoms with E-state index in [1.807, 2.05) is 35.9 Å². The van der Waals surface area contributed by atoms with E-state index in [9.17, 15) is 4.79 Å². The molecule has 1 aromatic heterocycles. The van der Waals surface area contributed by atoms with Gasteiger partial charge in [-0.3, -0.25) is 4.79 Å². The average Bonchev–Trinajstić information content (AvgIpc) is 3.22. The molecule has 7 nitrogen and oxygen atoms in total. The first-order valence-electron chi connectivity index (χ1n) is 7.57. The lowest BCUT2D eigenvalue weighted by molar-refractivity contribution is -0.116. The maximum Gasteiger partial charge on any atom is 0.224 e. The van der Waals surface area contributed by atoms with E-state index in [-0.39, 0.29) is 24.4 Å². The zero-order chi connectivity index (χ0) is 15.5. The SMILES string of the molecule is CC(N)CCC(=O)Nc1cccc(-c2nnnn2C2CC2)c1.Cl. The fourth-order valence-electron chi connectivity index (χ4n) is 2.27. The number of carbonyl (C=O) groups is 1. The molecule has 0 aliphatic heterocycles. The molecule has 0 bridgehead atoms. The molecule has 1 unspecified atom stereocenters. The second-order valence-corrected chi connectivity index (χ2v) is 5.82. The first kappa shape index (κ1) is 17.4. The summed E-state index contributed by atoms with van der Waals surface area (Å²) in [6.07, 6.45) is 3.32. The monoisotopic (exact) mass is 336 g/mol. The zero-order valence-corrected chi connectivity index (χ0v) is 13.8. The summed E-state index contributed by atoms with van der Waals surface area (Å²) in [6, 6.07) is 8.03. The Labute approximate surface area is 141 Å². The molecule has 1 saturated carbocycles. The molecule has 124 valence electrons. The summed E-state index contributed by atoms with van der Waals surface area (Å²) in [7, 11) is 0. The second kappa shape index (κ2) is 7.52. The van der Waals surface area contributed by atoms with E-state index in [1.54, 1.807) is 0 Å². The minimum atomic E-state index is -0.0313. The van der Waals surface area contributed by atoms with Gasteiger partial charge in [0.1, 0.15) is 0 Å². The molecule has 3 rings (SSSR count). The smallest absolute Gasteiger partial charge is 0.224 e. The summed E-state index contributed by atoms with van der Waals surface area (Å²) < 4.78 is 1.86. The predicted molar refractivity (Wildman–Crippen MR) is 90.3 cm³/mol. The van der Waals surface area contributed by atoms with Gasteiger partial charge in [0, 0.05) is 23.7 Å². The minimum Gasteiger partial charge on any atom is -0.328 e. The summed E-state index contributed by atoms with van der Waals surface area (Å²) in [5.74, 6) is 0.713. The summed E-state index contributed by atoms with van der Waals surface area (Å²) in [5, 5.41) is 14.8. The zero-order valence-electron chi connectivity index (χ0n) is 13.0. The molecular formula is C15H21ClN6O. The van der Waals surface area contributed by atoms with Crippen molar-refractivity contribution in [2.24, 2.45) is 5.73 Å². The highest BCUT2D eigenvalue weighted by atomic mass is 35.5. The molecule has 1 fully saturated rings. The first-order valence-corrected chi connectivity index (χ1v) is 7.57. The largest absolute Gasteiger partial charge is 0.328 e. The Hall–Kier alpha value is -1.99. The van der Waals surface area contributed by atoms with Crippen molar-refractivity contribution >= 4 is 24.0 Å². The van der Waals surface area contributed by atoms with Crippen LogP contribution in [0.4, 0.5) is 5.69 Å². The fraction of sp³-hybridized carbons (Fsp3) is 0.467. The van der Waals surface area contributed by atoms with Crippen LogP contribution in [0.5, 0.6) is 0 Å². The number of aromatic nitrogens is 4. The van der Waals surface area contributed by atoms with Crippen LogP contribution >= 0.6 is 12.4 Å². The number of carbonyl (C=O) groups excluding carboxylic acids is 1. The van der Waals surface area contributed by atoms with E-state index in [4.69, 9.17) is 5.73 Å². The van der Waals surface area contributed by atoms with Gasteiger partial charge in [0.25, 0.3) is 0 Å². The number of rotatable bonds is 6. The van der Waals surface area contributed by atoms with E-state index in [0.717, 1.165) is 29.9 Å². The quantitative estimate of drug-likeness (QED) is 0.842. The number of hydrogen-bond donors (Lipinski definition) is 2. The first-order chi connectivity index (χ1) is 10.6. The number of anilines is 1. The van der Waals surface area contributed by atoms with Crippen LogP contribution in [0.1, 0.15) is 38.6 Å². The number of benzene rings is 1. The third-order valence-corrected chi connectivity index (χ3v) is 3.62. The maximum absolute atomic E-state index is 11.9. The van der Waals surface area contributed by atoms with E-state index in [1.165, 1.54) is 0 Å². The van der Waals surface area contributed by atoms with Gasteiger partial charge >= 0.3 is 0 Å². The number of nitrogens with one attached hydrogen (secondary N) is 1. The van der Waals surface area contributed by atoms with Crippen LogP contribution in [-0.4, -0.2) is 32.2 Å². The molecule has 0 spiro atoms. The van der Waals surface area contributed by atoms with Crippen molar-refractivity contribution in [2.75, 3.05) is 5.32 Å². The molecule has 2 aromatic rings. The molecule has 8 heteroatoms. The normalized spacial score (nSPS) is 14.9. The van der Waals surface area contributed by atoms with Gasteiger partial charge in [0.05, 0.1) is 6.04 Å². The number of amides is 1. The standard InChI is InChI=1S/C15H20N6O.ClH/c1-10(16)5-8-14(22)17-12-4-2-3-11(9-12)15-18-19-20-21(15)13-6-7-13;/h2-4,9-10,13H,5-8,16H2,1H3,(H,17,22);1H. The van der Waals surface area contributed by atoms with Crippen LogP contribution in [0.25, 0.3) is 11.4 Å². The minimum absolute atomic E-state index is 0. The second-order valence-electron chi connectivity index (χ2n) is 5.82. The lowest BCUT2D eigenvalue weighted by Gasteiger charge is -2.08. The Morgan fingerprint density at radius 2 is 2.26 bits per heavy atom. The number of nitrogens with two attached hydrogens (primary N) is 1. The fourth-order valence-corrected chi connectivity index (χ4v) is 2.27. The van der Waals surface area contributed by atoms with Crippen LogP contribution in [0.15, 0.2) is 24.3 Å². The van der Waals surface area contributed by atoms with Crippen molar-refractivity contribution in [3.63, 3.8) is 0 Å². The Morgan fingerprint density at radius 1 is 1.48 bits per heavy atom. The van der Waals surface area contributed by atoms with Gasteiger partial charge in [-0.05, 0) is 48.7 Å². The number of nitrogens with zero attached hydrogens (tertiary/aromatic N) is 4. The van der Waals surface area contributed by atoms with Crippen LogP contribution in [-0.2, 0) is 4.79 Å². The molecule has 1 atom stereocenters. The Kier molecular flexibility index (Phi) is 5.68. The lowest BCUT2D eigenvalue weighted by atomic mass is 10.1. The molecule has 1 amide bonds. The van der Waals surface area contributed by atoms with Crippen molar-refractivity contribution in [1.29, 1.82) is 0 Å². The molecule has 1 aromatic carbocycles. The Bertz CT molecular complexity index is 667. The number of hydrogen-bond acceptors (Lipinski definition) is 5. The van der Waals surface area contributed by atoms with Gasteiger partial charge in [-0.2, -0.15) is 0 Å². The van der Waals surface area contributed by atoms with Crippen molar-refractivity contribution in [1.82, 2.24) is 20.2 Å². The molecule has 1 aliphatic carbocycles. The highest BCUT2D eigenvalue weighted by molar-refractivity contribution is 5.91. The van der Waals surface area contributed by atoms with Crippen molar-refractivity contribution in [3.8, 4) is 11.4 Å². The molecule has 23 heavy (non-hydrogen) atoms. The van der Waals surface area contributed by atoms with E-state index in [0.29, 0.717) is 18.9 Å². The van der Waals surface area contributed by atoms with Gasteiger partial charge < -0.3 is 11.1 Å². The van der Waals surface area contributed by atoms with Gasteiger partial charge in [-0.15, -0.1) is 17.5 Å². The molecule has 3 N–H and O–H groups in total. The summed E-state index contributed by atoms with van der Waals surface area (Å²) >= 11 is 0. The number of tetrazole rings is 1. The lowest BCUT2D eigenvalue weighted by Crippen LogP contribution is -2.19. The maximum atomic E-state index is 11.9. The van der Waals surface area contributed by atoms with Crippen LogP contribution in [0.2, 0.25) is 0 Å². The van der Waals surface area contributed by atoms with Crippen molar-refractivity contribution < 1.29 is 4.79 Å². The Balaban J connectivity index is 0.00000192. The van der Waals surface area contributed by atoms with Crippen molar-refractivity contribution in [2.45, 2.75) is 44.7 Å². The third kappa shape index (κ3) is 4.49. The Morgan fingerprint density at radius 3 is 2.96 bits per heavy atom. The van der Waals surface area contributed by atoms with Crippen LogP contribution < -0.4 is 11.1 Å². The average molecular weight is 337 g/mol. The summed E-state index contributed by atoms with van der Waals surface area (Å²) in [6.45, 7) is 1.89. The van der Waals surface area contributed by atoms with Gasteiger partial charge in [0.2, 0.25) is 5.91 Å². The van der Waals surface area contributed by atoms with E-state index < -0.39 is 0 Å². The topological polar surface area (TPSA) is 98.7 Å². The third-order valence-electron chi connectivity index (χ3n) is 3.62. The van der Waals surface area contributed by atoms with E-state index in [2.05, 4.69) is 20.8 Å². The van der Waals surface area contributed by atoms with Gasteiger partial charge in [0.15, 0.2) is 5.82 Å². The van der Waals surface area contributed by atoms with Gasteiger partial charge in [-0.1, -0.05) is 12.1 Å². The highest BCUT2D eigenvalue weighted by Gasteiger charge is 2.28. The number of halogens is 1. The van der Waals surface area contributed by atoms with Crippen LogP contribution in [0, 0.1) is 0 Å². The predicted octanol–water partition coefficient (Wildman–Crippen LogP) is 2.16. The van der Waals surface area contributed by atoms with Crippen molar-refractivity contribution in [3.05, 3.63) is 24.3 Å². The summed E-state index contributed by atoms with van der Waals surface area (Å²) in [4.78, 5) is 11.9. The molecular weight excluding hydrogens is 316 g/mol. The summed E-state index contributed by atoms with van der Waals surface area (Å²) in [5.41, 5.74) is 7.32.